The van der Waals surface area contributed by atoms with Crippen molar-refractivity contribution >= 4 is 11.7 Å². The summed E-state index contributed by atoms with van der Waals surface area (Å²) in [6.07, 6.45) is 2.63. The molecule has 1 aliphatic heterocycles. The highest BCUT2D eigenvalue weighted by molar-refractivity contribution is 6.05. The van der Waals surface area contributed by atoms with Crippen LogP contribution in [0.15, 0.2) is 54.7 Å². The zero-order valence-corrected chi connectivity index (χ0v) is 17.2. The Hall–Kier alpha value is -4.07. The van der Waals surface area contributed by atoms with E-state index in [1.54, 1.807) is 16.8 Å². The number of ether oxygens (including phenoxy) is 2. The van der Waals surface area contributed by atoms with Crippen molar-refractivity contribution < 1.29 is 14.3 Å². The Morgan fingerprint density at radius 1 is 1.13 bits per heavy atom. The Balaban J connectivity index is 1.41. The molecule has 0 saturated heterocycles. The summed E-state index contributed by atoms with van der Waals surface area (Å²) >= 11 is 0. The standard InChI is InChI=1S/C23H21N5O3/c1-3-18-21(16-6-9-19-20(12-16)31-13-30-19)22(26-25-18)24-23(29)15-4-7-17(8-5-15)28-11-10-14(2)27-28/h4-12H,3,13H2,1-2H3,(H2,24,25,26,29). The lowest BCUT2D eigenvalue weighted by atomic mass is 10.0. The van der Waals surface area contributed by atoms with Gasteiger partial charge in [0.05, 0.1) is 11.4 Å². The second-order valence-electron chi connectivity index (χ2n) is 7.25. The molecule has 8 nitrogen and oxygen atoms in total. The number of fused-ring (bicyclic) bond motifs is 1. The number of benzene rings is 2. The molecule has 0 aliphatic carbocycles. The molecule has 2 aromatic heterocycles. The average molecular weight is 415 g/mol. The predicted molar refractivity (Wildman–Crippen MR) is 116 cm³/mol. The van der Waals surface area contributed by atoms with E-state index in [1.165, 1.54) is 0 Å². The number of hydrogen-bond donors (Lipinski definition) is 2. The molecule has 0 bridgehead atoms. The first kappa shape index (κ1) is 18.9. The van der Waals surface area contributed by atoms with Crippen molar-refractivity contribution in [2.45, 2.75) is 20.3 Å². The first-order valence-corrected chi connectivity index (χ1v) is 10.0. The van der Waals surface area contributed by atoms with E-state index in [0.29, 0.717) is 22.9 Å². The highest BCUT2D eigenvalue weighted by atomic mass is 16.7. The van der Waals surface area contributed by atoms with Crippen LogP contribution in [0.3, 0.4) is 0 Å². The van der Waals surface area contributed by atoms with Crippen LogP contribution < -0.4 is 14.8 Å². The number of nitrogens with one attached hydrogen (secondary N) is 2. The zero-order valence-electron chi connectivity index (χ0n) is 17.2. The van der Waals surface area contributed by atoms with Gasteiger partial charge in [0.15, 0.2) is 17.3 Å². The first-order chi connectivity index (χ1) is 15.1. The molecule has 3 heterocycles. The minimum absolute atomic E-state index is 0.211. The third kappa shape index (κ3) is 3.52. The Bertz CT molecular complexity index is 1260. The smallest absolute Gasteiger partial charge is 0.256 e. The van der Waals surface area contributed by atoms with Crippen molar-refractivity contribution in [3.05, 3.63) is 71.7 Å². The summed E-state index contributed by atoms with van der Waals surface area (Å²) in [7, 11) is 0. The maximum Gasteiger partial charge on any atom is 0.256 e. The minimum atomic E-state index is -0.237. The van der Waals surface area contributed by atoms with Gasteiger partial charge in [0.1, 0.15) is 0 Å². The molecule has 8 heteroatoms. The molecule has 2 aromatic carbocycles. The monoisotopic (exact) mass is 415 g/mol. The lowest BCUT2D eigenvalue weighted by Crippen LogP contribution is -2.13. The largest absolute Gasteiger partial charge is 0.454 e. The summed E-state index contributed by atoms with van der Waals surface area (Å²) in [6, 6.07) is 14.9. The van der Waals surface area contributed by atoms with E-state index in [9.17, 15) is 4.79 Å². The molecule has 1 amide bonds. The molecule has 4 aromatic rings. The summed E-state index contributed by atoms with van der Waals surface area (Å²) in [5, 5.41) is 14.7. The normalized spacial score (nSPS) is 12.2. The van der Waals surface area contributed by atoms with Gasteiger partial charge >= 0.3 is 0 Å². The number of amides is 1. The van der Waals surface area contributed by atoms with Gasteiger partial charge in [-0.1, -0.05) is 13.0 Å². The summed E-state index contributed by atoms with van der Waals surface area (Å²) in [6.45, 7) is 4.18. The number of rotatable bonds is 5. The van der Waals surface area contributed by atoms with Crippen molar-refractivity contribution in [1.29, 1.82) is 0 Å². The molecule has 0 fully saturated rings. The summed E-state index contributed by atoms with van der Waals surface area (Å²) in [5.41, 5.74) is 5.03. The topological polar surface area (TPSA) is 94.1 Å². The number of H-pyrrole nitrogens is 1. The zero-order chi connectivity index (χ0) is 21.4. The van der Waals surface area contributed by atoms with Gasteiger partial charge in [-0.05, 0) is 61.4 Å². The van der Waals surface area contributed by atoms with E-state index in [0.717, 1.165) is 34.6 Å². The second kappa shape index (κ2) is 7.64. The number of carbonyl (C=O) groups is 1. The second-order valence-corrected chi connectivity index (χ2v) is 7.25. The fourth-order valence-electron chi connectivity index (χ4n) is 3.59. The van der Waals surface area contributed by atoms with Crippen LogP contribution in [0.4, 0.5) is 5.82 Å². The van der Waals surface area contributed by atoms with E-state index in [2.05, 4.69) is 20.6 Å². The number of aromatic amines is 1. The molecule has 0 radical (unpaired) electrons. The van der Waals surface area contributed by atoms with Gasteiger partial charge in [-0.25, -0.2) is 4.68 Å². The van der Waals surface area contributed by atoms with Crippen LogP contribution in [-0.2, 0) is 6.42 Å². The minimum Gasteiger partial charge on any atom is -0.454 e. The van der Waals surface area contributed by atoms with Crippen LogP contribution in [0.25, 0.3) is 16.8 Å². The molecule has 0 atom stereocenters. The maximum atomic E-state index is 12.9. The quantitative estimate of drug-likeness (QED) is 0.512. The van der Waals surface area contributed by atoms with E-state index < -0.39 is 0 Å². The SMILES string of the molecule is CCc1[nH]nc(NC(=O)c2ccc(-n3ccc(C)n3)cc2)c1-c1ccc2c(c1)OCO2. The maximum absolute atomic E-state index is 12.9. The highest BCUT2D eigenvalue weighted by Gasteiger charge is 2.20. The summed E-state index contributed by atoms with van der Waals surface area (Å²) < 4.78 is 12.7. The Morgan fingerprint density at radius 3 is 2.68 bits per heavy atom. The van der Waals surface area contributed by atoms with Crippen molar-refractivity contribution in [2.24, 2.45) is 0 Å². The average Bonchev–Trinajstić information content (AvgIpc) is 3.52. The number of hydrogen-bond acceptors (Lipinski definition) is 5. The van der Waals surface area contributed by atoms with Crippen LogP contribution in [0.2, 0.25) is 0 Å². The van der Waals surface area contributed by atoms with E-state index in [1.807, 2.05) is 56.4 Å². The molecule has 0 unspecified atom stereocenters. The predicted octanol–water partition coefficient (Wildman–Crippen LogP) is 4.11. The van der Waals surface area contributed by atoms with Gasteiger partial charge in [0.2, 0.25) is 6.79 Å². The van der Waals surface area contributed by atoms with Crippen LogP contribution in [-0.4, -0.2) is 32.7 Å². The Labute approximate surface area is 178 Å². The molecule has 2 N–H and O–H groups in total. The lowest BCUT2D eigenvalue weighted by molar-refractivity contribution is 0.102. The molecule has 0 spiro atoms. The lowest BCUT2D eigenvalue weighted by Gasteiger charge is -2.09. The van der Waals surface area contributed by atoms with Gasteiger partial charge in [0, 0.05) is 23.0 Å². The van der Waals surface area contributed by atoms with Gasteiger partial charge in [-0.2, -0.15) is 10.2 Å². The van der Waals surface area contributed by atoms with Gasteiger partial charge < -0.3 is 14.8 Å². The van der Waals surface area contributed by atoms with Gasteiger partial charge in [-0.3, -0.25) is 9.89 Å². The van der Waals surface area contributed by atoms with E-state index in [4.69, 9.17) is 9.47 Å². The fourth-order valence-corrected chi connectivity index (χ4v) is 3.59. The van der Waals surface area contributed by atoms with Crippen LogP contribution in [0, 0.1) is 6.92 Å². The number of carbonyl (C=O) groups excluding carboxylic acids is 1. The molecule has 5 rings (SSSR count). The Kier molecular flexibility index (Phi) is 4.66. The molecule has 156 valence electrons. The Morgan fingerprint density at radius 2 is 1.94 bits per heavy atom. The highest BCUT2D eigenvalue weighted by Crippen LogP contribution is 2.39. The number of nitrogens with zero attached hydrogens (tertiary/aromatic N) is 3. The van der Waals surface area contributed by atoms with Crippen LogP contribution >= 0.6 is 0 Å². The van der Waals surface area contributed by atoms with Gasteiger partial charge in [0.25, 0.3) is 5.91 Å². The fraction of sp³-hybridized carbons (Fsp3) is 0.174. The van der Waals surface area contributed by atoms with Crippen molar-refractivity contribution in [1.82, 2.24) is 20.0 Å². The van der Waals surface area contributed by atoms with Crippen molar-refractivity contribution in [2.75, 3.05) is 12.1 Å². The molecule has 1 aliphatic rings. The third-order valence-electron chi connectivity index (χ3n) is 5.20. The third-order valence-corrected chi connectivity index (χ3v) is 5.20. The van der Waals surface area contributed by atoms with E-state index in [-0.39, 0.29) is 12.7 Å². The summed E-state index contributed by atoms with van der Waals surface area (Å²) in [5.74, 6) is 1.64. The van der Waals surface area contributed by atoms with Crippen molar-refractivity contribution in [3.8, 4) is 28.3 Å². The molecular weight excluding hydrogens is 394 g/mol. The number of aryl methyl sites for hydroxylation is 2. The van der Waals surface area contributed by atoms with Crippen LogP contribution in [0.5, 0.6) is 11.5 Å². The molecule has 0 saturated carbocycles. The van der Waals surface area contributed by atoms with Crippen LogP contribution in [0.1, 0.15) is 28.7 Å². The first-order valence-electron chi connectivity index (χ1n) is 10.0. The molecule has 31 heavy (non-hydrogen) atoms. The number of aromatic nitrogens is 4. The van der Waals surface area contributed by atoms with Crippen molar-refractivity contribution in [3.63, 3.8) is 0 Å². The number of anilines is 1. The molecular formula is C23H21N5O3. The summed E-state index contributed by atoms with van der Waals surface area (Å²) in [4.78, 5) is 12.9. The van der Waals surface area contributed by atoms with E-state index >= 15 is 0 Å². The van der Waals surface area contributed by atoms with Gasteiger partial charge in [-0.15, -0.1) is 0 Å².